The standard InChI is InChI=1S/C19H21F2N5O3/c1-4-26-12(2)14(8-23-26)10-25-11-15(9-22-25)24-18(27)13-5-6-16(29-19(20)21)17(7-13)28-3/h5-9,11,19H,4,10H2,1-3H3,(H,24,27). The molecule has 0 saturated heterocycles. The molecule has 0 unspecified atom stereocenters. The van der Waals surface area contributed by atoms with Crippen LogP contribution < -0.4 is 14.8 Å². The van der Waals surface area contributed by atoms with Crippen molar-refractivity contribution in [3.8, 4) is 11.5 Å². The van der Waals surface area contributed by atoms with E-state index in [2.05, 4.69) is 20.3 Å². The molecule has 0 aliphatic carbocycles. The zero-order valence-electron chi connectivity index (χ0n) is 16.2. The van der Waals surface area contributed by atoms with Gasteiger partial charge in [0.25, 0.3) is 5.91 Å². The summed E-state index contributed by atoms with van der Waals surface area (Å²) < 4.78 is 37.8. The van der Waals surface area contributed by atoms with Crippen LogP contribution in [0.4, 0.5) is 14.5 Å². The molecule has 1 amide bonds. The minimum Gasteiger partial charge on any atom is -0.493 e. The zero-order chi connectivity index (χ0) is 21.0. The molecule has 2 heterocycles. The minimum absolute atomic E-state index is 0.0389. The molecule has 0 radical (unpaired) electrons. The van der Waals surface area contributed by atoms with Gasteiger partial charge in [0.05, 0.1) is 31.7 Å². The molecule has 0 atom stereocenters. The Morgan fingerprint density at radius 3 is 2.69 bits per heavy atom. The molecule has 1 aromatic carbocycles. The van der Waals surface area contributed by atoms with E-state index in [0.717, 1.165) is 17.8 Å². The SMILES string of the molecule is CCn1ncc(Cn2cc(NC(=O)c3ccc(OC(F)F)c(OC)c3)cn2)c1C. The van der Waals surface area contributed by atoms with Gasteiger partial charge in [-0.3, -0.25) is 14.2 Å². The van der Waals surface area contributed by atoms with Crippen LogP contribution >= 0.6 is 0 Å². The number of aryl methyl sites for hydroxylation is 1. The number of nitrogens with one attached hydrogen (secondary N) is 1. The lowest BCUT2D eigenvalue weighted by Crippen LogP contribution is -2.12. The Kier molecular flexibility index (Phi) is 6.10. The highest BCUT2D eigenvalue weighted by atomic mass is 19.3. The first kappa shape index (κ1) is 20.3. The van der Waals surface area contributed by atoms with E-state index in [1.54, 1.807) is 17.1 Å². The maximum absolute atomic E-state index is 12.5. The summed E-state index contributed by atoms with van der Waals surface area (Å²) >= 11 is 0. The molecule has 8 nitrogen and oxygen atoms in total. The molecule has 0 bridgehead atoms. The van der Waals surface area contributed by atoms with Gasteiger partial charge in [0.2, 0.25) is 0 Å². The number of ether oxygens (including phenoxy) is 2. The molecule has 2 aromatic heterocycles. The average molecular weight is 405 g/mol. The number of carbonyl (C=O) groups is 1. The molecule has 1 N–H and O–H groups in total. The van der Waals surface area contributed by atoms with Gasteiger partial charge in [-0.15, -0.1) is 0 Å². The maximum Gasteiger partial charge on any atom is 0.387 e. The third-order valence-electron chi connectivity index (χ3n) is 4.37. The largest absolute Gasteiger partial charge is 0.493 e. The minimum atomic E-state index is -2.98. The number of amides is 1. The van der Waals surface area contributed by atoms with E-state index in [0.29, 0.717) is 12.2 Å². The molecule has 0 spiro atoms. The number of anilines is 1. The van der Waals surface area contributed by atoms with Gasteiger partial charge < -0.3 is 14.8 Å². The number of hydrogen-bond donors (Lipinski definition) is 1. The van der Waals surface area contributed by atoms with Crippen molar-refractivity contribution >= 4 is 11.6 Å². The topological polar surface area (TPSA) is 83.2 Å². The van der Waals surface area contributed by atoms with Crippen molar-refractivity contribution in [1.29, 1.82) is 0 Å². The number of aromatic nitrogens is 4. The second-order valence-corrected chi connectivity index (χ2v) is 6.20. The summed E-state index contributed by atoms with van der Waals surface area (Å²) in [5.74, 6) is -0.534. The predicted molar refractivity (Wildman–Crippen MR) is 102 cm³/mol. The van der Waals surface area contributed by atoms with E-state index < -0.39 is 12.5 Å². The van der Waals surface area contributed by atoms with Gasteiger partial charge in [0.1, 0.15) is 0 Å². The molecule has 29 heavy (non-hydrogen) atoms. The third kappa shape index (κ3) is 4.71. The third-order valence-corrected chi connectivity index (χ3v) is 4.37. The molecule has 10 heteroatoms. The highest BCUT2D eigenvalue weighted by Crippen LogP contribution is 2.29. The summed E-state index contributed by atoms with van der Waals surface area (Å²) in [6, 6.07) is 3.97. The average Bonchev–Trinajstić information content (AvgIpc) is 3.28. The fourth-order valence-electron chi connectivity index (χ4n) is 2.85. The number of alkyl halides is 2. The lowest BCUT2D eigenvalue weighted by atomic mass is 10.2. The number of methoxy groups -OCH3 is 1. The van der Waals surface area contributed by atoms with E-state index >= 15 is 0 Å². The molecular weight excluding hydrogens is 384 g/mol. The zero-order valence-corrected chi connectivity index (χ0v) is 16.2. The van der Waals surface area contributed by atoms with E-state index in [4.69, 9.17) is 4.74 Å². The fraction of sp³-hybridized carbons (Fsp3) is 0.316. The summed E-state index contributed by atoms with van der Waals surface area (Å²) in [5.41, 5.74) is 2.83. The summed E-state index contributed by atoms with van der Waals surface area (Å²) in [7, 11) is 1.31. The molecule has 0 aliphatic heterocycles. The van der Waals surface area contributed by atoms with Crippen LogP contribution in [0.1, 0.15) is 28.5 Å². The molecular formula is C19H21F2N5O3. The van der Waals surface area contributed by atoms with Gasteiger partial charge in [0, 0.05) is 29.6 Å². The van der Waals surface area contributed by atoms with E-state index in [-0.39, 0.29) is 17.1 Å². The highest BCUT2D eigenvalue weighted by molar-refractivity contribution is 6.04. The van der Waals surface area contributed by atoms with E-state index in [9.17, 15) is 13.6 Å². The first-order valence-electron chi connectivity index (χ1n) is 8.89. The van der Waals surface area contributed by atoms with Crippen LogP contribution in [0.5, 0.6) is 11.5 Å². The smallest absolute Gasteiger partial charge is 0.387 e. The van der Waals surface area contributed by atoms with Gasteiger partial charge in [-0.05, 0) is 32.0 Å². The normalized spacial score (nSPS) is 11.0. The van der Waals surface area contributed by atoms with Crippen molar-refractivity contribution in [2.24, 2.45) is 0 Å². The fourth-order valence-corrected chi connectivity index (χ4v) is 2.85. The van der Waals surface area contributed by atoms with Gasteiger partial charge in [0.15, 0.2) is 11.5 Å². The Balaban J connectivity index is 1.69. The number of benzene rings is 1. The van der Waals surface area contributed by atoms with Gasteiger partial charge >= 0.3 is 6.61 Å². The Labute approximate surface area is 166 Å². The van der Waals surface area contributed by atoms with Gasteiger partial charge in [-0.25, -0.2) is 0 Å². The number of halogens is 2. The number of nitrogens with zero attached hydrogens (tertiary/aromatic N) is 4. The molecule has 0 fully saturated rings. The van der Waals surface area contributed by atoms with Gasteiger partial charge in [-0.2, -0.15) is 19.0 Å². The lowest BCUT2D eigenvalue weighted by molar-refractivity contribution is -0.0512. The van der Waals surface area contributed by atoms with Crippen molar-refractivity contribution in [2.75, 3.05) is 12.4 Å². The highest BCUT2D eigenvalue weighted by Gasteiger charge is 2.15. The van der Waals surface area contributed by atoms with Crippen LogP contribution in [0.15, 0.2) is 36.8 Å². The molecule has 154 valence electrons. The number of hydrogen-bond acceptors (Lipinski definition) is 5. The monoisotopic (exact) mass is 405 g/mol. The first-order chi connectivity index (χ1) is 13.9. The summed E-state index contributed by atoms with van der Waals surface area (Å²) in [5, 5.41) is 11.3. The summed E-state index contributed by atoms with van der Waals surface area (Å²) in [4.78, 5) is 12.5. The summed E-state index contributed by atoms with van der Waals surface area (Å²) in [6.07, 6.45) is 5.03. The van der Waals surface area contributed by atoms with E-state index in [1.165, 1.54) is 31.5 Å². The quantitative estimate of drug-likeness (QED) is 0.622. The first-order valence-corrected chi connectivity index (χ1v) is 8.89. The van der Waals surface area contributed by atoms with Crippen molar-refractivity contribution in [2.45, 2.75) is 33.5 Å². The van der Waals surface area contributed by atoms with E-state index in [1.807, 2.05) is 18.5 Å². The molecule has 0 aliphatic rings. The van der Waals surface area contributed by atoms with Crippen LogP contribution in [-0.4, -0.2) is 39.2 Å². The van der Waals surface area contributed by atoms with Crippen molar-refractivity contribution in [3.05, 3.63) is 53.6 Å². The van der Waals surface area contributed by atoms with Crippen LogP contribution in [0.25, 0.3) is 0 Å². The van der Waals surface area contributed by atoms with Crippen LogP contribution in [0.3, 0.4) is 0 Å². The van der Waals surface area contributed by atoms with Crippen molar-refractivity contribution < 1.29 is 23.0 Å². The van der Waals surface area contributed by atoms with Crippen LogP contribution in [-0.2, 0) is 13.1 Å². The Hall–Kier alpha value is -3.43. The lowest BCUT2D eigenvalue weighted by Gasteiger charge is -2.11. The number of rotatable bonds is 8. The van der Waals surface area contributed by atoms with Crippen molar-refractivity contribution in [3.63, 3.8) is 0 Å². The Morgan fingerprint density at radius 2 is 2.03 bits per heavy atom. The molecule has 3 aromatic rings. The van der Waals surface area contributed by atoms with Crippen molar-refractivity contribution in [1.82, 2.24) is 19.6 Å². The molecule has 3 rings (SSSR count). The number of carbonyl (C=O) groups excluding carboxylic acids is 1. The van der Waals surface area contributed by atoms with Crippen LogP contribution in [0, 0.1) is 6.92 Å². The summed E-state index contributed by atoms with van der Waals surface area (Å²) in [6.45, 7) is 2.34. The molecule has 0 saturated carbocycles. The van der Waals surface area contributed by atoms with Crippen LogP contribution in [0.2, 0.25) is 0 Å². The Morgan fingerprint density at radius 1 is 1.24 bits per heavy atom. The predicted octanol–water partition coefficient (Wildman–Crippen LogP) is 3.32. The van der Waals surface area contributed by atoms with Gasteiger partial charge in [-0.1, -0.05) is 0 Å². The second kappa shape index (κ2) is 8.72. The second-order valence-electron chi connectivity index (χ2n) is 6.20. The maximum atomic E-state index is 12.5. The Bertz CT molecular complexity index is 1000.